The van der Waals surface area contributed by atoms with Crippen molar-refractivity contribution in [1.82, 2.24) is 9.97 Å². The third kappa shape index (κ3) is 2.41. The molecule has 2 aromatic carbocycles. The Hall–Kier alpha value is -3.04. The zero-order valence-electron chi connectivity index (χ0n) is 13.4. The Morgan fingerprint density at radius 2 is 1.80 bits per heavy atom. The Morgan fingerprint density at radius 3 is 2.64 bits per heavy atom. The van der Waals surface area contributed by atoms with E-state index in [0.717, 1.165) is 16.8 Å². The third-order valence-corrected chi connectivity index (χ3v) is 5.35. The summed E-state index contributed by atoms with van der Waals surface area (Å²) in [5.74, 6) is 0. The lowest BCUT2D eigenvalue weighted by molar-refractivity contribution is 1.30. The molecule has 0 aliphatic heterocycles. The van der Waals surface area contributed by atoms with E-state index in [9.17, 15) is 0 Å². The molecule has 0 bridgehead atoms. The Bertz CT molecular complexity index is 1180. The van der Waals surface area contributed by atoms with E-state index in [1.165, 1.54) is 26.6 Å². The van der Waals surface area contributed by atoms with E-state index < -0.39 is 0 Å². The van der Waals surface area contributed by atoms with Gasteiger partial charge in [-0.1, -0.05) is 36.4 Å². The fraction of sp³-hybridized carbons (Fsp3) is 0. The van der Waals surface area contributed by atoms with E-state index in [-0.39, 0.29) is 0 Å². The van der Waals surface area contributed by atoms with Crippen molar-refractivity contribution in [2.75, 3.05) is 0 Å². The first kappa shape index (κ1) is 14.3. The Morgan fingerprint density at radius 1 is 0.840 bits per heavy atom. The van der Waals surface area contributed by atoms with E-state index in [1.807, 2.05) is 12.3 Å². The molecular weight excluding hydrogens is 324 g/mol. The van der Waals surface area contributed by atoms with Crippen LogP contribution in [0.1, 0.15) is 0 Å². The van der Waals surface area contributed by atoms with Crippen molar-refractivity contribution in [1.29, 1.82) is 0 Å². The van der Waals surface area contributed by atoms with Gasteiger partial charge in [-0.25, -0.2) is 4.98 Å². The predicted molar refractivity (Wildman–Crippen MR) is 106 cm³/mol. The highest BCUT2D eigenvalue weighted by atomic mass is 32.1. The van der Waals surface area contributed by atoms with Gasteiger partial charge in [0.1, 0.15) is 0 Å². The van der Waals surface area contributed by atoms with Crippen molar-refractivity contribution in [2.45, 2.75) is 0 Å². The zero-order chi connectivity index (χ0) is 16.6. The summed E-state index contributed by atoms with van der Waals surface area (Å²) in [6.07, 6.45) is 3.66. The van der Waals surface area contributed by atoms with E-state index in [4.69, 9.17) is 4.98 Å². The molecule has 5 rings (SSSR count). The molecule has 0 N–H and O–H groups in total. The molecule has 3 aromatic heterocycles. The predicted octanol–water partition coefficient (Wildman–Crippen LogP) is 6.18. The van der Waals surface area contributed by atoms with Crippen LogP contribution in [0.4, 0.5) is 0 Å². The third-order valence-electron chi connectivity index (χ3n) is 4.44. The van der Waals surface area contributed by atoms with Crippen LogP contribution in [0.5, 0.6) is 0 Å². The van der Waals surface area contributed by atoms with Crippen LogP contribution < -0.4 is 0 Å². The lowest BCUT2D eigenvalue weighted by atomic mass is 9.98. The topological polar surface area (TPSA) is 25.8 Å². The second-order valence-electron chi connectivity index (χ2n) is 5.95. The summed E-state index contributed by atoms with van der Waals surface area (Å²) in [6, 6.07) is 23.2. The molecule has 2 nitrogen and oxygen atoms in total. The van der Waals surface area contributed by atoms with Crippen LogP contribution in [0, 0.1) is 0 Å². The van der Waals surface area contributed by atoms with Gasteiger partial charge in [0.15, 0.2) is 0 Å². The molecule has 25 heavy (non-hydrogen) atoms. The van der Waals surface area contributed by atoms with Gasteiger partial charge in [0.2, 0.25) is 0 Å². The standard InChI is InChI=1S/C22H14N2S/c1-2-7-17-15(5-1)9-10-19-22(17)18(21-8-4-12-25-21)13-20(24-19)16-6-3-11-23-14-16/h1-14H. The Balaban J connectivity index is 1.92. The Labute approximate surface area is 149 Å². The second-order valence-corrected chi connectivity index (χ2v) is 6.90. The molecule has 0 radical (unpaired) electrons. The van der Waals surface area contributed by atoms with Crippen molar-refractivity contribution >= 4 is 33.0 Å². The number of pyridine rings is 2. The van der Waals surface area contributed by atoms with Gasteiger partial charge in [-0.15, -0.1) is 11.3 Å². The minimum Gasteiger partial charge on any atom is -0.264 e. The molecule has 0 atom stereocenters. The zero-order valence-corrected chi connectivity index (χ0v) is 14.2. The average Bonchev–Trinajstić information content (AvgIpc) is 3.22. The van der Waals surface area contributed by atoms with Gasteiger partial charge in [-0.3, -0.25) is 4.98 Å². The van der Waals surface area contributed by atoms with Crippen molar-refractivity contribution in [2.24, 2.45) is 0 Å². The van der Waals surface area contributed by atoms with Crippen molar-refractivity contribution in [3.05, 3.63) is 84.5 Å². The summed E-state index contributed by atoms with van der Waals surface area (Å²) in [7, 11) is 0. The quantitative estimate of drug-likeness (QED) is 0.359. The number of hydrogen-bond acceptors (Lipinski definition) is 3. The van der Waals surface area contributed by atoms with E-state index in [0.29, 0.717) is 0 Å². The SMILES string of the molecule is c1cncc(-c2cc(-c3cccs3)c3c(ccc4ccccc43)n2)c1. The fourth-order valence-electron chi connectivity index (χ4n) is 3.30. The minimum absolute atomic E-state index is 0.958. The number of rotatable bonds is 2. The van der Waals surface area contributed by atoms with Gasteiger partial charge in [-0.05, 0) is 46.5 Å². The van der Waals surface area contributed by atoms with Crippen molar-refractivity contribution < 1.29 is 0 Å². The fourth-order valence-corrected chi connectivity index (χ4v) is 4.04. The monoisotopic (exact) mass is 338 g/mol. The maximum atomic E-state index is 4.93. The number of nitrogens with zero attached hydrogens (tertiary/aromatic N) is 2. The van der Waals surface area contributed by atoms with Crippen LogP contribution in [0.15, 0.2) is 84.5 Å². The molecule has 0 aliphatic rings. The molecular formula is C22H14N2S. The molecule has 0 fully saturated rings. The second kappa shape index (κ2) is 5.80. The van der Waals surface area contributed by atoms with E-state index in [2.05, 4.69) is 71.0 Å². The summed E-state index contributed by atoms with van der Waals surface area (Å²) in [4.78, 5) is 10.4. The highest BCUT2D eigenvalue weighted by Gasteiger charge is 2.13. The molecule has 0 unspecified atom stereocenters. The van der Waals surface area contributed by atoms with Gasteiger partial charge in [0.25, 0.3) is 0 Å². The molecule has 0 amide bonds. The van der Waals surface area contributed by atoms with Crippen LogP contribution in [-0.4, -0.2) is 9.97 Å². The first-order valence-electron chi connectivity index (χ1n) is 8.17. The molecule has 3 heterocycles. The maximum absolute atomic E-state index is 4.93. The van der Waals surface area contributed by atoms with Crippen LogP contribution >= 0.6 is 11.3 Å². The smallest absolute Gasteiger partial charge is 0.0731 e. The summed E-state index contributed by atoms with van der Waals surface area (Å²) >= 11 is 1.76. The number of fused-ring (bicyclic) bond motifs is 3. The lowest BCUT2D eigenvalue weighted by Crippen LogP contribution is -1.90. The summed E-state index contributed by atoms with van der Waals surface area (Å²) < 4.78 is 0. The summed E-state index contributed by atoms with van der Waals surface area (Å²) in [6.45, 7) is 0. The molecule has 0 aliphatic carbocycles. The lowest BCUT2D eigenvalue weighted by Gasteiger charge is -2.11. The number of aromatic nitrogens is 2. The molecule has 118 valence electrons. The van der Waals surface area contributed by atoms with Gasteiger partial charge >= 0.3 is 0 Å². The van der Waals surface area contributed by atoms with Crippen molar-refractivity contribution in [3.8, 4) is 21.7 Å². The average molecular weight is 338 g/mol. The number of benzene rings is 2. The summed E-state index contributed by atoms with van der Waals surface area (Å²) in [5, 5.41) is 5.82. The molecule has 0 saturated heterocycles. The first-order valence-corrected chi connectivity index (χ1v) is 9.05. The van der Waals surface area contributed by atoms with Crippen LogP contribution in [0.3, 0.4) is 0 Å². The molecule has 0 spiro atoms. The highest BCUT2D eigenvalue weighted by molar-refractivity contribution is 7.13. The number of thiophene rings is 1. The molecule has 5 aromatic rings. The van der Waals surface area contributed by atoms with Gasteiger partial charge in [0.05, 0.1) is 11.2 Å². The van der Waals surface area contributed by atoms with Crippen LogP contribution in [0.2, 0.25) is 0 Å². The maximum Gasteiger partial charge on any atom is 0.0731 e. The van der Waals surface area contributed by atoms with Crippen LogP contribution in [0.25, 0.3) is 43.4 Å². The highest BCUT2D eigenvalue weighted by Crippen LogP contribution is 2.37. The van der Waals surface area contributed by atoms with E-state index in [1.54, 1.807) is 17.5 Å². The van der Waals surface area contributed by atoms with Crippen molar-refractivity contribution in [3.63, 3.8) is 0 Å². The number of hydrogen-bond donors (Lipinski definition) is 0. The molecule has 0 saturated carbocycles. The van der Waals surface area contributed by atoms with Gasteiger partial charge in [0, 0.05) is 33.8 Å². The Kier molecular flexibility index (Phi) is 3.32. The van der Waals surface area contributed by atoms with Gasteiger partial charge < -0.3 is 0 Å². The van der Waals surface area contributed by atoms with E-state index >= 15 is 0 Å². The van der Waals surface area contributed by atoms with Gasteiger partial charge in [-0.2, -0.15) is 0 Å². The first-order chi connectivity index (χ1) is 12.4. The van der Waals surface area contributed by atoms with Crippen LogP contribution in [-0.2, 0) is 0 Å². The largest absolute Gasteiger partial charge is 0.264 e. The molecule has 3 heteroatoms. The summed E-state index contributed by atoms with van der Waals surface area (Å²) in [5.41, 5.74) is 4.24. The normalized spacial score (nSPS) is 11.2. The minimum atomic E-state index is 0.958.